The topological polar surface area (TPSA) is 9.23 Å². The quantitative estimate of drug-likeness (QED) is 0.362. The molecule has 0 aliphatic carbocycles. The molecule has 0 heterocycles. The van der Waals surface area contributed by atoms with E-state index < -0.39 is 0 Å². The Morgan fingerprint density at radius 3 is 2.64 bits per heavy atom. The lowest BCUT2D eigenvalue weighted by Gasteiger charge is -2.00. The Labute approximate surface area is 73.7 Å². The third-order valence-electron chi connectivity index (χ3n) is 1.30. The number of hydrogen-bond acceptors (Lipinski definition) is 1. The summed E-state index contributed by atoms with van der Waals surface area (Å²) in [4.78, 5) is 0. The Morgan fingerprint density at radius 2 is 2.27 bits per heavy atom. The summed E-state index contributed by atoms with van der Waals surface area (Å²) in [5, 5.41) is 0.102. The number of rotatable bonds is 4. The predicted molar refractivity (Wildman–Crippen MR) is 49.8 cm³/mol. The molecule has 0 saturated heterocycles. The molecule has 0 radical (unpaired) electrons. The van der Waals surface area contributed by atoms with Gasteiger partial charge in [-0.1, -0.05) is 12.2 Å². The van der Waals surface area contributed by atoms with Crippen molar-refractivity contribution in [1.82, 2.24) is 0 Å². The van der Waals surface area contributed by atoms with Gasteiger partial charge < -0.3 is 4.74 Å². The highest BCUT2D eigenvalue weighted by Gasteiger charge is 1.90. The van der Waals surface area contributed by atoms with Crippen LogP contribution in [0.4, 0.5) is 0 Å². The van der Waals surface area contributed by atoms with Gasteiger partial charge in [-0.25, -0.2) is 0 Å². The van der Waals surface area contributed by atoms with Gasteiger partial charge >= 0.3 is 0 Å². The number of halogens is 1. The lowest BCUT2D eigenvalue weighted by Crippen LogP contribution is -1.85. The van der Waals surface area contributed by atoms with E-state index in [9.17, 15) is 0 Å². The molecule has 0 aromatic rings. The zero-order valence-corrected chi connectivity index (χ0v) is 8.06. The van der Waals surface area contributed by atoms with Gasteiger partial charge in [0.15, 0.2) is 0 Å². The second-order valence-electron chi connectivity index (χ2n) is 2.27. The van der Waals surface area contributed by atoms with Crippen LogP contribution in [0.1, 0.15) is 20.3 Å². The number of methoxy groups -OCH3 is 1. The van der Waals surface area contributed by atoms with E-state index in [1.165, 1.54) is 0 Å². The molecule has 1 atom stereocenters. The van der Waals surface area contributed by atoms with E-state index in [2.05, 4.69) is 0 Å². The highest BCUT2D eigenvalue weighted by Crippen LogP contribution is 2.04. The van der Waals surface area contributed by atoms with Crippen molar-refractivity contribution in [3.63, 3.8) is 0 Å². The summed E-state index contributed by atoms with van der Waals surface area (Å²) >= 11 is 5.70. The Kier molecular flexibility index (Phi) is 6.05. The molecule has 0 bridgehead atoms. The maximum atomic E-state index is 5.70. The molecular weight excluding hydrogens is 160 g/mol. The molecule has 0 amide bonds. The molecule has 0 aromatic heterocycles. The van der Waals surface area contributed by atoms with Crippen molar-refractivity contribution in [2.75, 3.05) is 7.11 Å². The molecule has 11 heavy (non-hydrogen) atoms. The van der Waals surface area contributed by atoms with E-state index in [1.807, 2.05) is 32.1 Å². The fourth-order valence-electron chi connectivity index (χ4n) is 0.691. The van der Waals surface area contributed by atoms with Crippen molar-refractivity contribution in [1.29, 1.82) is 0 Å². The predicted octanol–water partition coefficient (Wildman–Crippen LogP) is 3.11. The van der Waals surface area contributed by atoms with Crippen LogP contribution in [0.3, 0.4) is 0 Å². The van der Waals surface area contributed by atoms with Crippen molar-refractivity contribution in [2.45, 2.75) is 25.6 Å². The average molecular weight is 175 g/mol. The summed E-state index contributed by atoms with van der Waals surface area (Å²) in [5.74, 6) is 0.971. The summed E-state index contributed by atoms with van der Waals surface area (Å²) in [6.07, 6.45) is 6.73. The van der Waals surface area contributed by atoms with E-state index in [0.717, 1.165) is 12.2 Å². The maximum Gasteiger partial charge on any atom is 0.0950 e. The summed E-state index contributed by atoms with van der Waals surface area (Å²) in [7, 11) is 1.67. The standard InChI is InChI=1S/C9H15ClO/c1-4-9(11-3)7-5-6-8(2)10/h4-6,8H,7H2,1-3H3/b6-5-,9-4+. The van der Waals surface area contributed by atoms with Gasteiger partial charge in [-0.05, 0) is 19.9 Å². The van der Waals surface area contributed by atoms with Gasteiger partial charge in [-0.3, -0.25) is 0 Å². The lowest BCUT2D eigenvalue weighted by molar-refractivity contribution is 0.284. The van der Waals surface area contributed by atoms with Gasteiger partial charge in [-0.2, -0.15) is 0 Å². The second-order valence-corrected chi connectivity index (χ2v) is 2.96. The van der Waals surface area contributed by atoms with E-state index in [4.69, 9.17) is 16.3 Å². The lowest BCUT2D eigenvalue weighted by atomic mass is 10.3. The normalized spacial score (nSPS) is 15.5. The molecule has 0 aromatic carbocycles. The van der Waals surface area contributed by atoms with E-state index in [1.54, 1.807) is 7.11 Å². The second kappa shape index (κ2) is 6.29. The number of ether oxygens (including phenoxy) is 1. The van der Waals surface area contributed by atoms with Crippen molar-refractivity contribution < 1.29 is 4.74 Å². The molecule has 0 aliphatic rings. The molecule has 1 nitrogen and oxygen atoms in total. The van der Waals surface area contributed by atoms with Crippen LogP contribution >= 0.6 is 11.6 Å². The fourth-order valence-corrected chi connectivity index (χ4v) is 0.794. The third-order valence-corrected chi connectivity index (χ3v) is 1.45. The monoisotopic (exact) mass is 174 g/mol. The van der Waals surface area contributed by atoms with Crippen LogP contribution in [-0.2, 0) is 4.74 Å². The Morgan fingerprint density at radius 1 is 1.64 bits per heavy atom. The maximum absolute atomic E-state index is 5.70. The van der Waals surface area contributed by atoms with Gasteiger partial charge in [-0.15, -0.1) is 11.6 Å². The molecule has 0 spiro atoms. The average Bonchev–Trinajstić information content (AvgIpc) is 1.98. The Balaban J connectivity index is 3.68. The van der Waals surface area contributed by atoms with Crippen LogP contribution in [0, 0.1) is 0 Å². The first-order chi connectivity index (χ1) is 5.20. The van der Waals surface area contributed by atoms with Crippen LogP contribution in [-0.4, -0.2) is 12.5 Å². The largest absolute Gasteiger partial charge is 0.501 e. The molecule has 64 valence electrons. The third kappa shape index (κ3) is 5.99. The minimum atomic E-state index is 0.102. The van der Waals surface area contributed by atoms with Crippen molar-refractivity contribution >= 4 is 11.6 Å². The number of alkyl halides is 1. The number of hydrogen-bond donors (Lipinski definition) is 0. The summed E-state index contributed by atoms with van der Waals surface area (Å²) in [6.45, 7) is 3.89. The first-order valence-corrected chi connectivity index (χ1v) is 4.14. The van der Waals surface area contributed by atoms with E-state index in [-0.39, 0.29) is 5.38 Å². The summed E-state index contributed by atoms with van der Waals surface area (Å²) < 4.78 is 5.05. The molecule has 0 N–H and O–H groups in total. The van der Waals surface area contributed by atoms with Crippen molar-refractivity contribution in [2.24, 2.45) is 0 Å². The van der Waals surface area contributed by atoms with Crippen LogP contribution in [0.2, 0.25) is 0 Å². The zero-order valence-electron chi connectivity index (χ0n) is 7.30. The molecule has 1 unspecified atom stereocenters. The molecule has 2 heteroatoms. The smallest absolute Gasteiger partial charge is 0.0950 e. The summed E-state index contributed by atoms with van der Waals surface area (Å²) in [5.41, 5.74) is 0. The highest BCUT2D eigenvalue weighted by molar-refractivity contribution is 6.21. The molecule has 0 rings (SSSR count). The van der Waals surface area contributed by atoms with Crippen LogP contribution in [0.15, 0.2) is 24.0 Å². The van der Waals surface area contributed by atoms with Gasteiger partial charge in [0.1, 0.15) is 0 Å². The van der Waals surface area contributed by atoms with Crippen LogP contribution in [0.5, 0.6) is 0 Å². The molecule has 0 fully saturated rings. The van der Waals surface area contributed by atoms with Crippen LogP contribution < -0.4 is 0 Å². The van der Waals surface area contributed by atoms with E-state index >= 15 is 0 Å². The van der Waals surface area contributed by atoms with Crippen LogP contribution in [0.25, 0.3) is 0 Å². The van der Waals surface area contributed by atoms with Gasteiger partial charge in [0.25, 0.3) is 0 Å². The number of allylic oxidation sites excluding steroid dienone is 3. The first-order valence-electron chi connectivity index (χ1n) is 3.70. The fraction of sp³-hybridized carbons (Fsp3) is 0.556. The summed E-state index contributed by atoms with van der Waals surface area (Å²) in [6, 6.07) is 0. The molecule has 0 aliphatic heterocycles. The molecular formula is C9H15ClO. The van der Waals surface area contributed by atoms with Gasteiger partial charge in [0.2, 0.25) is 0 Å². The molecule has 0 saturated carbocycles. The van der Waals surface area contributed by atoms with Crippen molar-refractivity contribution in [3.8, 4) is 0 Å². The highest BCUT2D eigenvalue weighted by atomic mass is 35.5. The minimum Gasteiger partial charge on any atom is -0.501 e. The SMILES string of the molecule is C/C=C(\C/C=C\C(C)Cl)OC. The van der Waals surface area contributed by atoms with E-state index in [0.29, 0.717) is 0 Å². The van der Waals surface area contributed by atoms with Crippen molar-refractivity contribution in [3.05, 3.63) is 24.0 Å². The van der Waals surface area contributed by atoms with Gasteiger partial charge in [0.05, 0.1) is 12.9 Å². The minimum absolute atomic E-state index is 0.102. The van der Waals surface area contributed by atoms with Gasteiger partial charge in [0, 0.05) is 11.8 Å². The zero-order chi connectivity index (χ0) is 8.69. The first kappa shape index (κ1) is 10.6. The Hall–Kier alpha value is -0.430. The Bertz CT molecular complexity index is 148.